The molecule has 0 aliphatic heterocycles. The van der Waals surface area contributed by atoms with E-state index in [0.29, 0.717) is 17.9 Å². The highest BCUT2D eigenvalue weighted by atomic mass is 19.4. The van der Waals surface area contributed by atoms with Crippen molar-refractivity contribution in [1.82, 2.24) is 9.78 Å². The van der Waals surface area contributed by atoms with Crippen molar-refractivity contribution in [3.63, 3.8) is 0 Å². The molecule has 8 heteroatoms. The number of nitrogens with zero attached hydrogens (tertiary/aromatic N) is 2. The Kier molecular flexibility index (Phi) is 5.91. The predicted molar refractivity (Wildman–Crippen MR) is 100 cm³/mol. The van der Waals surface area contributed by atoms with E-state index in [2.05, 4.69) is 5.10 Å². The first-order valence-corrected chi connectivity index (χ1v) is 8.88. The summed E-state index contributed by atoms with van der Waals surface area (Å²) in [6, 6.07) is 12.1. The van der Waals surface area contributed by atoms with Crippen molar-refractivity contribution in [2.24, 2.45) is 0 Å². The average Bonchev–Trinajstić information content (AvgIpc) is 3.05. The molecule has 152 valence electrons. The molecule has 0 atom stereocenters. The number of alkyl halides is 3. The minimum Gasteiger partial charge on any atom is -0.482 e. The summed E-state index contributed by atoms with van der Waals surface area (Å²) in [5.41, 5.74) is 2.73. The summed E-state index contributed by atoms with van der Waals surface area (Å²) >= 11 is 0. The number of hydrogen-bond donors (Lipinski definition) is 1. The van der Waals surface area contributed by atoms with E-state index >= 15 is 0 Å². The number of carbonyl (C=O) groups is 1. The van der Waals surface area contributed by atoms with Crippen LogP contribution in [0.1, 0.15) is 22.4 Å². The maximum atomic E-state index is 12.7. The Morgan fingerprint density at radius 3 is 2.31 bits per heavy atom. The molecule has 2 aromatic carbocycles. The molecule has 0 spiro atoms. The van der Waals surface area contributed by atoms with E-state index in [1.807, 2.05) is 25.3 Å². The van der Waals surface area contributed by atoms with E-state index in [1.54, 1.807) is 16.8 Å². The van der Waals surface area contributed by atoms with Crippen molar-refractivity contribution in [3.8, 4) is 11.4 Å². The zero-order chi connectivity index (χ0) is 21.0. The number of aromatic nitrogens is 2. The van der Waals surface area contributed by atoms with Gasteiger partial charge in [0, 0.05) is 6.20 Å². The van der Waals surface area contributed by atoms with Gasteiger partial charge in [0.15, 0.2) is 6.61 Å². The summed E-state index contributed by atoms with van der Waals surface area (Å²) < 4.78 is 44.8. The first-order chi connectivity index (χ1) is 13.7. The lowest BCUT2D eigenvalue weighted by Crippen LogP contribution is -2.09. The maximum Gasteiger partial charge on any atom is 0.416 e. The lowest BCUT2D eigenvalue weighted by Gasteiger charge is -2.07. The standard InChI is InChI=1S/C21H19F3N2O3/c1-14-16(5-2-15-3-10-19(11-4-15)29-13-20(27)28)12-26(25-14)18-8-6-17(7-9-18)21(22,23)24/h3-4,6-12H,2,5,13H2,1H3,(H,27,28). The summed E-state index contributed by atoms with van der Waals surface area (Å²) in [5.74, 6) is -0.544. The quantitative estimate of drug-likeness (QED) is 0.632. The number of halogens is 3. The maximum absolute atomic E-state index is 12.7. The molecule has 0 fully saturated rings. The minimum absolute atomic E-state index is 0.387. The van der Waals surface area contributed by atoms with Gasteiger partial charge in [0.2, 0.25) is 0 Å². The van der Waals surface area contributed by atoms with Crippen LogP contribution in [0.2, 0.25) is 0 Å². The Morgan fingerprint density at radius 1 is 1.07 bits per heavy atom. The summed E-state index contributed by atoms with van der Waals surface area (Å²) in [6.07, 6.45) is -1.10. The number of rotatable bonds is 7. The highest BCUT2D eigenvalue weighted by Gasteiger charge is 2.30. The van der Waals surface area contributed by atoms with Gasteiger partial charge < -0.3 is 9.84 Å². The second-order valence-electron chi connectivity index (χ2n) is 6.56. The summed E-state index contributed by atoms with van der Waals surface area (Å²) in [6.45, 7) is 1.47. The Balaban J connectivity index is 1.64. The van der Waals surface area contributed by atoms with Crippen LogP contribution >= 0.6 is 0 Å². The van der Waals surface area contributed by atoms with Crippen molar-refractivity contribution in [1.29, 1.82) is 0 Å². The number of hydrogen-bond acceptors (Lipinski definition) is 3. The molecule has 3 rings (SSSR count). The Hall–Kier alpha value is -3.29. The van der Waals surface area contributed by atoms with Crippen LogP contribution in [0.4, 0.5) is 13.2 Å². The van der Waals surface area contributed by atoms with Crippen molar-refractivity contribution in [3.05, 3.63) is 77.1 Å². The number of ether oxygens (including phenoxy) is 1. The fraction of sp³-hybridized carbons (Fsp3) is 0.238. The topological polar surface area (TPSA) is 64.4 Å². The highest BCUT2D eigenvalue weighted by Crippen LogP contribution is 2.29. The lowest BCUT2D eigenvalue weighted by atomic mass is 10.1. The van der Waals surface area contributed by atoms with Crippen molar-refractivity contribution >= 4 is 5.97 Å². The first kappa shape index (κ1) is 20.4. The largest absolute Gasteiger partial charge is 0.482 e. The van der Waals surface area contributed by atoms with Gasteiger partial charge in [0.1, 0.15) is 5.75 Å². The van der Waals surface area contributed by atoms with Crippen molar-refractivity contribution in [2.45, 2.75) is 25.9 Å². The van der Waals surface area contributed by atoms with Gasteiger partial charge in [0.05, 0.1) is 16.9 Å². The molecule has 1 aromatic heterocycles. The molecule has 0 aliphatic rings. The molecule has 0 unspecified atom stereocenters. The van der Waals surface area contributed by atoms with E-state index in [-0.39, 0.29) is 6.61 Å². The molecule has 0 aliphatic carbocycles. The fourth-order valence-electron chi connectivity index (χ4n) is 2.85. The highest BCUT2D eigenvalue weighted by molar-refractivity contribution is 5.68. The van der Waals surface area contributed by atoms with Gasteiger partial charge in [-0.2, -0.15) is 18.3 Å². The molecule has 29 heavy (non-hydrogen) atoms. The number of aliphatic carboxylic acids is 1. The van der Waals surface area contributed by atoms with Crippen molar-refractivity contribution in [2.75, 3.05) is 6.61 Å². The lowest BCUT2D eigenvalue weighted by molar-refractivity contribution is -0.139. The van der Waals surface area contributed by atoms with Crippen LogP contribution in [0, 0.1) is 6.92 Å². The Labute approximate surface area is 165 Å². The zero-order valence-corrected chi connectivity index (χ0v) is 15.6. The normalized spacial score (nSPS) is 11.4. The molecule has 3 aromatic rings. The monoisotopic (exact) mass is 404 g/mol. The van der Waals surface area contributed by atoms with Gasteiger partial charge in [-0.3, -0.25) is 0 Å². The summed E-state index contributed by atoms with van der Waals surface area (Å²) in [5, 5.41) is 13.0. The predicted octanol–water partition coefficient (Wildman–Crippen LogP) is 4.45. The van der Waals surface area contributed by atoms with E-state index in [0.717, 1.165) is 35.4 Å². The van der Waals surface area contributed by atoms with Gasteiger partial charge in [-0.25, -0.2) is 9.48 Å². The van der Waals surface area contributed by atoms with Gasteiger partial charge >= 0.3 is 12.1 Å². The van der Waals surface area contributed by atoms with Gasteiger partial charge in [-0.05, 0) is 67.3 Å². The van der Waals surface area contributed by atoms with Crippen LogP contribution in [-0.4, -0.2) is 27.5 Å². The number of aryl methyl sites for hydroxylation is 3. The van der Waals surface area contributed by atoms with Crippen LogP contribution in [-0.2, 0) is 23.8 Å². The number of carboxylic acids is 1. The van der Waals surface area contributed by atoms with Crippen LogP contribution in [0.5, 0.6) is 5.75 Å². The van der Waals surface area contributed by atoms with Gasteiger partial charge in [-0.1, -0.05) is 12.1 Å². The number of carboxylic acid groups (broad SMARTS) is 1. The van der Waals surface area contributed by atoms with Crippen molar-refractivity contribution < 1.29 is 27.8 Å². The van der Waals surface area contributed by atoms with E-state index in [4.69, 9.17) is 9.84 Å². The molecule has 5 nitrogen and oxygen atoms in total. The smallest absolute Gasteiger partial charge is 0.416 e. The molecule has 1 N–H and O–H groups in total. The summed E-state index contributed by atoms with van der Waals surface area (Å²) in [4.78, 5) is 10.5. The van der Waals surface area contributed by atoms with Crippen LogP contribution in [0.3, 0.4) is 0 Å². The third-order valence-electron chi connectivity index (χ3n) is 4.43. The molecular formula is C21H19F3N2O3. The van der Waals surface area contributed by atoms with Gasteiger partial charge in [0.25, 0.3) is 0 Å². The summed E-state index contributed by atoms with van der Waals surface area (Å²) in [7, 11) is 0. The van der Waals surface area contributed by atoms with E-state index in [9.17, 15) is 18.0 Å². The molecule has 0 radical (unpaired) electrons. The molecule has 0 amide bonds. The molecule has 1 heterocycles. The third kappa shape index (κ3) is 5.37. The van der Waals surface area contributed by atoms with Crippen LogP contribution in [0.25, 0.3) is 5.69 Å². The fourth-order valence-corrected chi connectivity index (χ4v) is 2.85. The second kappa shape index (κ2) is 8.38. The Morgan fingerprint density at radius 2 is 1.72 bits per heavy atom. The van der Waals surface area contributed by atoms with Gasteiger partial charge in [-0.15, -0.1) is 0 Å². The molecule has 0 saturated carbocycles. The molecular weight excluding hydrogens is 385 g/mol. The van der Waals surface area contributed by atoms with E-state index in [1.165, 1.54) is 12.1 Å². The number of benzene rings is 2. The second-order valence-corrected chi connectivity index (χ2v) is 6.56. The Bertz CT molecular complexity index is 978. The third-order valence-corrected chi connectivity index (χ3v) is 4.43. The zero-order valence-electron chi connectivity index (χ0n) is 15.6. The minimum atomic E-state index is -4.36. The van der Waals surface area contributed by atoms with Crippen LogP contribution < -0.4 is 4.74 Å². The SMILES string of the molecule is Cc1nn(-c2ccc(C(F)(F)F)cc2)cc1CCc1ccc(OCC(=O)O)cc1. The van der Waals surface area contributed by atoms with E-state index < -0.39 is 17.7 Å². The average molecular weight is 404 g/mol. The van der Waals surface area contributed by atoms with Crippen LogP contribution in [0.15, 0.2) is 54.7 Å². The molecule has 0 bridgehead atoms. The molecule has 0 saturated heterocycles. The first-order valence-electron chi connectivity index (χ1n) is 8.88.